The van der Waals surface area contributed by atoms with Crippen LogP contribution in [0.4, 0.5) is 0 Å². The highest BCUT2D eigenvalue weighted by Crippen LogP contribution is 2.34. The molecule has 1 saturated carbocycles. The Labute approximate surface area is 94.3 Å². The van der Waals surface area contributed by atoms with Crippen molar-refractivity contribution in [2.24, 2.45) is 11.8 Å². The van der Waals surface area contributed by atoms with Gasteiger partial charge in [-0.1, -0.05) is 31.9 Å². The van der Waals surface area contributed by atoms with Gasteiger partial charge < -0.3 is 5.32 Å². The predicted octanol–water partition coefficient (Wildman–Crippen LogP) is 3.51. The van der Waals surface area contributed by atoms with Gasteiger partial charge in [-0.25, -0.2) is 0 Å². The van der Waals surface area contributed by atoms with Gasteiger partial charge >= 0.3 is 0 Å². The van der Waals surface area contributed by atoms with Gasteiger partial charge in [0, 0.05) is 6.04 Å². The number of hydrogen-bond donors (Lipinski definition) is 1. The second-order valence-electron chi connectivity index (χ2n) is 5.34. The molecular weight excluding hydrogens is 182 g/mol. The van der Waals surface area contributed by atoms with Gasteiger partial charge in [-0.05, 0) is 50.5 Å². The molecule has 0 heterocycles. The van der Waals surface area contributed by atoms with Gasteiger partial charge in [0.05, 0.1) is 0 Å². The maximum Gasteiger partial charge on any atom is 0.00671 e. The molecule has 15 heavy (non-hydrogen) atoms. The van der Waals surface area contributed by atoms with Gasteiger partial charge in [-0.2, -0.15) is 0 Å². The first-order chi connectivity index (χ1) is 7.38. The smallest absolute Gasteiger partial charge is 0.00671 e. The van der Waals surface area contributed by atoms with Crippen LogP contribution in [0.25, 0.3) is 0 Å². The highest BCUT2D eigenvalue weighted by molar-refractivity contribution is 4.91. The van der Waals surface area contributed by atoms with Gasteiger partial charge in [-0.15, -0.1) is 0 Å². The standard InChI is InChI=1S/C14H25N/c1-2-14(10-12-8-9-12)15-11-13-6-4-3-5-7-13/h3-4,12-15H,2,5-11H2,1H3. The molecule has 0 aromatic rings. The van der Waals surface area contributed by atoms with E-state index in [0.717, 1.165) is 17.9 Å². The summed E-state index contributed by atoms with van der Waals surface area (Å²) in [6, 6.07) is 0.795. The lowest BCUT2D eigenvalue weighted by Crippen LogP contribution is -2.33. The number of allylic oxidation sites excluding steroid dienone is 2. The lowest BCUT2D eigenvalue weighted by atomic mass is 9.94. The van der Waals surface area contributed by atoms with E-state index in [-0.39, 0.29) is 0 Å². The average Bonchev–Trinajstić information content (AvgIpc) is 3.09. The minimum Gasteiger partial charge on any atom is -0.314 e. The van der Waals surface area contributed by atoms with E-state index in [1.54, 1.807) is 0 Å². The molecular formula is C14H25N. The molecule has 1 N–H and O–H groups in total. The minimum atomic E-state index is 0.795. The van der Waals surface area contributed by atoms with Crippen LogP contribution in [0.2, 0.25) is 0 Å². The van der Waals surface area contributed by atoms with Gasteiger partial charge in [-0.3, -0.25) is 0 Å². The van der Waals surface area contributed by atoms with Crippen LogP contribution in [-0.4, -0.2) is 12.6 Å². The van der Waals surface area contributed by atoms with E-state index in [1.165, 1.54) is 51.5 Å². The van der Waals surface area contributed by atoms with Crippen LogP contribution >= 0.6 is 0 Å². The molecule has 2 unspecified atom stereocenters. The van der Waals surface area contributed by atoms with Crippen LogP contribution in [0.1, 0.15) is 51.9 Å². The van der Waals surface area contributed by atoms with Crippen LogP contribution in [-0.2, 0) is 0 Å². The summed E-state index contributed by atoms with van der Waals surface area (Å²) >= 11 is 0. The molecule has 0 amide bonds. The predicted molar refractivity (Wildman–Crippen MR) is 65.9 cm³/mol. The summed E-state index contributed by atoms with van der Waals surface area (Å²) < 4.78 is 0. The Bertz CT molecular complexity index is 205. The van der Waals surface area contributed by atoms with Crippen molar-refractivity contribution in [1.82, 2.24) is 5.32 Å². The van der Waals surface area contributed by atoms with E-state index in [2.05, 4.69) is 24.4 Å². The third-order valence-electron chi connectivity index (χ3n) is 3.88. The second-order valence-corrected chi connectivity index (χ2v) is 5.34. The van der Waals surface area contributed by atoms with Gasteiger partial charge in [0.1, 0.15) is 0 Å². The average molecular weight is 207 g/mol. The zero-order chi connectivity index (χ0) is 10.5. The summed E-state index contributed by atoms with van der Waals surface area (Å²) in [7, 11) is 0. The van der Waals surface area contributed by atoms with Crippen molar-refractivity contribution < 1.29 is 0 Å². The van der Waals surface area contributed by atoms with Crippen LogP contribution in [0.15, 0.2) is 12.2 Å². The lowest BCUT2D eigenvalue weighted by Gasteiger charge is -2.23. The van der Waals surface area contributed by atoms with Crippen molar-refractivity contribution in [3.8, 4) is 0 Å². The van der Waals surface area contributed by atoms with Crippen molar-refractivity contribution in [2.75, 3.05) is 6.54 Å². The third-order valence-corrected chi connectivity index (χ3v) is 3.88. The Balaban J connectivity index is 1.63. The topological polar surface area (TPSA) is 12.0 Å². The van der Waals surface area contributed by atoms with Crippen LogP contribution in [0.5, 0.6) is 0 Å². The molecule has 2 rings (SSSR count). The Kier molecular flexibility index (Phi) is 4.25. The molecule has 0 saturated heterocycles. The van der Waals surface area contributed by atoms with Crippen LogP contribution in [0, 0.1) is 11.8 Å². The molecule has 2 aliphatic carbocycles. The fourth-order valence-corrected chi connectivity index (χ4v) is 2.53. The zero-order valence-electron chi connectivity index (χ0n) is 10.0. The first-order valence-corrected chi connectivity index (χ1v) is 6.77. The number of hydrogen-bond acceptors (Lipinski definition) is 1. The third kappa shape index (κ3) is 3.98. The Hall–Kier alpha value is -0.300. The first-order valence-electron chi connectivity index (χ1n) is 6.77. The van der Waals surface area contributed by atoms with Crippen molar-refractivity contribution >= 4 is 0 Å². The van der Waals surface area contributed by atoms with Gasteiger partial charge in [0.15, 0.2) is 0 Å². The van der Waals surface area contributed by atoms with E-state index in [1.807, 2.05) is 0 Å². The second kappa shape index (κ2) is 5.69. The fraction of sp³-hybridized carbons (Fsp3) is 0.857. The van der Waals surface area contributed by atoms with E-state index in [4.69, 9.17) is 0 Å². The monoisotopic (exact) mass is 207 g/mol. The molecule has 1 fully saturated rings. The molecule has 0 aliphatic heterocycles. The summed E-state index contributed by atoms with van der Waals surface area (Å²) in [5.41, 5.74) is 0. The summed E-state index contributed by atoms with van der Waals surface area (Å²) in [5, 5.41) is 3.78. The molecule has 0 spiro atoms. The Morgan fingerprint density at radius 2 is 2.07 bits per heavy atom. The maximum absolute atomic E-state index is 3.78. The normalized spacial score (nSPS) is 27.9. The van der Waals surface area contributed by atoms with E-state index in [0.29, 0.717) is 0 Å². The summed E-state index contributed by atoms with van der Waals surface area (Å²) in [5.74, 6) is 1.97. The maximum atomic E-state index is 3.78. The van der Waals surface area contributed by atoms with Crippen LogP contribution in [0.3, 0.4) is 0 Å². The number of nitrogens with one attached hydrogen (secondary N) is 1. The van der Waals surface area contributed by atoms with Crippen molar-refractivity contribution in [3.63, 3.8) is 0 Å². The Morgan fingerprint density at radius 3 is 2.67 bits per heavy atom. The zero-order valence-corrected chi connectivity index (χ0v) is 10.0. The first kappa shape index (κ1) is 11.2. The minimum absolute atomic E-state index is 0.795. The molecule has 2 atom stereocenters. The SMILES string of the molecule is CCC(CC1CC1)NCC1CC=CCC1. The molecule has 1 nitrogen and oxygen atoms in total. The number of rotatable bonds is 6. The van der Waals surface area contributed by atoms with E-state index < -0.39 is 0 Å². The highest BCUT2D eigenvalue weighted by Gasteiger charge is 2.24. The summed E-state index contributed by atoms with van der Waals surface area (Å²) in [6.45, 7) is 3.57. The van der Waals surface area contributed by atoms with Crippen LogP contribution < -0.4 is 5.32 Å². The summed E-state index contributed by atoms with van der Waals surface area (Å²) in [6.07, 6.45) is 14.4. The highest BCUT2D eigenvalue weighted by atomic mass is 14.9. The molecule has 2 aliphatic rings. The largest absolute Gasteiger partial charge is 0.314 e. The fourth-order valence-electron chi connectivity index (χ4n) is 2.53. The quantitative estimate of drug-likeness (QED) is 0.657. The van der Waals surface area contributed by atoms with Crippen molar-refractivity contribution in [2.45, 2.75) is 57.9 Å². The molecule has 0 aromatic heterocycles. The van der Waals surface area contributed by atoms with Crippen molar-refractivity contribution in [1.29, 1.82) is 0 Å². The lowest BCUT2D eigenvalue weighted by molar-refractivity contribution is 0.375. The van der Waals surface area contributed by atoms with Crippen molar-refractivity contribution in [3.05, 3.63) is 12.2 Å². The molecule has 0 radical (unpaired) electrons. The Morgan fingerprint density at radius 1 is 1.20 bits per heavy atom. The molecule has 0 aromatic carbocycles. The summed E-state index contributed by atoms with van der Waals surface area (Å²) in [4.78, 5) is 0. The van der Waals surface area contributed by atoms with Gasteiger partial charge in [0.2, 0.25) is 0 Å². The molecule has 1 heteroatoms. The van der Waals surface area contributed by atoms with E-state index in [9.17, 15) is 0 Å². The molecule has 86 valence electrons. The molecule has 0 bridgehead atoms. The van der Waals surface area contributed by atoms with E-state index >= 15 is 0 Å². The van der Waals surface area contributed by atoms with Gasteiger partial charge in [0.25, 0.3) is 0 Å².